The summed E-state index contributed by atoms with van der Waals surface area (Å²) in [6.45, 7) is 1.93. The second-order valence-corrected chi connectivity index (χ2v) is 5.31. The fraction of sp³-hybridized carbons (Fsp3) is 0.400. The van der Waals surface area contributed by atoms with E-state index in [4.69, 9.17) is 5.26 Å². The van der Waals surface area contributed by atoms with Gasteiger partial charge in [-0.2, -0.15) is 10.4 Å². The van der Waals surface area contributed by atoms with Crippen LogP contribution in [0.2, 0.25) is 0 Å². The van der Waals surface area contributed by atoms with Crippen molar-refractivity contribution in [1.29, 1.82) is 5.26 Å². The Labute approximate surface area is 118 Å². The molecule has 0 saturated carbocycles. The van der Waals surface area contributed by atoms with Crippen molar-refractivity contribution in [2.75, 3.05) is 18.0 Å². The first kappa shape index (κ1) is 12.7. The molecule has 0 amide bonds. The Hall–Kier alpha value is -2.35. The summed E-state index contributed by atoms with van der Waals surface area (Å²) in [6, 6.07) is 5.86. The minimum Gasteiger partial charge on any atom is -0.355 e. The first-order valence-corrected chi connectivity index (χ1v) is 6.84. The quantitative estimate of drug-likeness (QED) is 0.850. The molecule has 2 aromatic heterocycles. The van der Waals surface area contributed by atoms with Crippen LogP contribution < -0.4 is 4.90 Å². The largest absolute Gasteiger partial charge is 0.355 e. The average molecular weight is 267 g/mol. The van der Waals surface area contributed by atoms with Crippen molar-refractivity contribution >= 4 is 5.82 Å². The summed E-state index contributed by atoms with van der Waals surface area (Å²) >= 11 is 0. The molecule has 5 heteroatoms. The first-order valence-electron chi connectivity index (χ1n) is 6.84. The second-order valence-electron chi connectivity index (χ2n) is 5.31. The van der Waals surface area contributed by atoms with Crippen molar-refractivity contribution in [3.8, 4) is 6.07 Å². The fourth-order valence-electron chi connectivity index (χ4n) is 2.84. The van der Waals surface area contributed by atoms with E-state index >= 15 is 0 Å². The van der Waals surface area contributed by atoms with Gasteiger partial charge in [0.15, 0.2) is 0 Å². The predicted octanol–water partition coefficient (Wildman–Crippen LogP) is 1.76. The highest BCUT2D eigenvalue weighted by Crippen LogP contribution is 2.26. The van der Waals surface area contributed by atoms with E-state index in [9.17, 15) is 0 Å². The van der Waals surface area contributed by atoms with Crippen molar-refractivity contribution in [1.82, 2.24) is 14.8 Å². The summed E-state index contributed by atoms with van der Waals surface area (Å²) in [7, 11) is 1.94. The number of aryl methyl sites for hydroxylation is 1. The van der Waals surface area contributed by atoms with Crippen LogP contribution in [0.15, 0.2) is 30.7 Å². The van der Waals surface area contributed by atoms with E-state index in [0.717, 1.165) is 31.7 Å². The number of nitriles is 1. The zero-order chi connectivity index (χ0) is 13.9. The number of pyridine rings is 1. The first-order chi connectivity index (χ1) is 9.76. The molecule has 3 rings (SSSR count). The molecule has 102 valence electrons. The van der Waals surface area contributed by atoms with E-state index in [-0.39, 0.29) is 0 Å². The Kier molecular flexibility index (Phi) is 3.38. The molecular formula is C15H17N5. The normalized spacial score (nSPS) is 18.2. The predicted molar refractivity (Wildman–Crippen MR) is 76.2 cm³/mol. The standard InChI is InChI=1S/C15H17N5/c1-19-10-13(9-18-19)7-12-4-6-20(11-12)15-14(8-16)3-2-5-17-15/h2-3,5,9-10,12H,4,6-7,11H2,1H3. The van der Waals surface area contributed by atoms with Crippen LogP contribution in [0.1, 0.15) is 17.5 Å². The summed E-state index contributed by atoms with van der Waals surface area (Å²) in [4.78, 5) is 6.59. The van der Waals surface area contributed by atoms with E-state index in [1.54, 1.807) is 6.20 Å². The van der Waals surface area contributed by atoms with Gasteiger partial charge in [-0.1, -0.05) is 0 Å². The Balaban J connectivity index is 1.69. The highest BCUT2D eigenvalue weighted by molar-refractivity contribution is 5.54. The molecule has 1 aliphatic rings. The number of hydrogen-bond acceptors (Lipinski definition) is 4. The van der Waals surface area contributed by atoms with Crippen LogP contribution in [0.3, 0.4) is 0 Å². The molecule has 5 nitrogen and oxygen atoms in total. The lowest BCUT2D eigenvalue weighted by molar-refractivity contribution is 0.586. The molecule has 0 spiro atoms. The van der Waals surface area contributed by atoms with Gasteiger partial charge in [0.25, 0.3) is 0 Å². The van der Waals surface area contributed by atoms with E-state index < -0.39 is 0 Å². The van der Waals surface area contributed by atoms with Crippen molar-refractivity contribution in [3.63, 3.8) is 0 Å². The zero-order valence-corrected chi connectivity index (χ0v) is 11.5. The maximum Gasteiger partial charge on any atom is 0.146 e. The van der Waals surface area contributed by atoms with Crippen LogP contribution in [-0.2, 0) is 13.5 Å². The van der Waals surface area contributed by atoms with Gasteiger partial charge in [-0.25, -0.2) is 4.98 Å². The number of aromatic nitrogens is 3. The van der Waals surface area contributed by atoms with E-state index in [2.05, 4.69) is 27.2 Å². The van der Waals surface area contributed by atoms with Crippen LogP contribution in [-0.4, -0.2) is 27.9 Å². The molecule has 20 heavy (non-hydrogen) atoms. The molecule has 3 heterocycles. The summed E-state index contributed by atoms with van der Waals surface area (Å²) < 4.78 is 1.84. The molecule has 0 bridgehead atoms. The maximum absolute atomic E-state index is 9.15. The topological polar surface area (TPSA) is 57.7 Å². The molecule has 1 unspecified atom stereocenters. The SMILES string of the molecule is Cn1cc(CC2CCN(c3ncccc3C#N)C2)cn1. The minimum absolute atomic E-state index is 0.604. The van der Waals surface area contributed by atoms with Crippen LogP contribution in [0, 0.1) is 17.2 Å². The molecule has 2 aromatic rings. The summed E-state index contributed by atoms with van der Waals surface area (Å²) in [5, 5.41) is 13.4. The van der Waals surface area contributed by atoms with Gasteiger partial charge in [-0.3, -0.25) is 4.68 Å². The number of nitrogens with zero attached hydrogens (tertiary/aromatic N) is 5. The van der Waals surface area contributed by atoms with E-state index in [1.165, 1.54) is 5.56 Å². The molecule has 1 aliphatic heterocycles. The van der Waals surface area contributed by atoms with Gasteiger partial charge >= 0.3 is 0 Å². The third-order valence-corrected chi connectivity index (χ3v) is 3.78. The highest BCUT2D eigenvalue weighted by Gasteiger charge is 2.25. The molecule has 1 fully saturated rings. The van der Waals surface area contributed by atoms with Gasteiger partial charge < -0.3 is 4.90 Å². The Morgan fingerprint density at radius 2 is 2.40 bits per heavy atom. The number of rotatable bonds is 3. The smallest absolute Gasteiger partial charge is 0.146 e. The van der Waals surface area contributed by atoms with Crippen LogP contribution >= 0.6 is 0 Å². The fourth-order valence-corrected chi connectivity index (χ4v) is 2.84. The van der Waals surface area contributed by atoms with Crippen molar-refractivity contribution in [2.45, 2.75) is 12.8 Å². The lowest BCUT2D eigenvalue weighted by Gasteiger charge is -2.18. The molecule has 0 aliphatic carbocycles. The van der Waals surface area contributed by atoms with Gasteiger partial charge in [0, 0.05) is 32.5 Å². The monoisotopic (exact) mass is 267 g/mol. The maximum atomic E-state index is 9.15. The third kappa shape index (κ3) is 2.50. The van der Waals surface area contributed by atoms with Gasteiger partial charge in [0.2, 0.25) is 0 Å². The Morgan fingerprint density at radius 1 is 1.50 bits per heavy atom. The van der Waals surface area contributed by atoms with E-state index in [0.29, 0.717) is 11.5 Å². The lowest BCUT2D eigenvalue weighted by Crippen LogP contribution is -2.22. The van der Waals surface area contributed by atoms with Crippen LogP contribution in [0.5, 0.6) is 0 Å². The van der Waals surface area contributed by atoms with Gasteiger partial charge in [-0.15, -0.1) is 0 Å². The number of hydrogen-bond donors (Lipinski definition) is 0. The molecule has 1 atom stereocenters. The Bertz CT molecular complexity index is 640. The van der Waals surface area contributed by atoms with Crippen molar-refractivity contribution in [3.05, 3.63) is 41.9 Å². The molecule has 0 aromatic carbocycles. The van der Waals surface area contributed by atoms with Crippen LogP contribution in [0.4, 0.5) is 5.82 Å². The van der Waals surface area contributed by atoms with Crippen molar-refractivity contribution in [2.24, 2.45) is 13.0 Å². The highest BCUT2D eigenvalue weighted by atomic mass is 15.2. The molecule has 0 radical (unpaired) electrons. The molecular weight excluding hydrogens is 250 g/mol. The van der Waals surface area contributed by atoms with Gasteiger partial charge in [-0.05, 0) is 36.5 Å². The van der Waals surface area contributed by atoms with Gasteiger partial charge in [0.1, 0.15) is 11.9 Å². The summed E-state index contributed by atoms with van der Waals surface area (Å²) in [6.07, 6.45) is 7.94. The Morgan fingerprint density at radius 3 is 3.15 bits per heavy atom. The summed E-state index contributed by atoms with van der Waals surface area (Å²) in [5.74, 6) is 1.43. The van der Waals surface area contributed by atoms with E-state index in [1.807, 2.05) is 30.1 Å². The summed E-state index contributed by atoms with van der Waals surface area (Å²) in [5.41, 5.74) is 1.94. The lowest BCUT2D eigenvalue weighted by atomic mass is 10.0. The average Bonchev–Trinajstić information content (AvgIpc) is 3.08. The number of anilines is 1. The van der Waals surface area contributed by atoms with Crippen LogP contribution in [0.25, 0.3) is 0 Å². The zero-order valence-electron chi connectivity index (χ0n) is 11.5. The third-order valence-electron chi connectivity index (χ3n) is 3.78. The second kappa shape index (κ2) is 5.33. The van der Waals surface area contributed by atoms with Crippen molar-refractivity contribution < 1.29 is 0 Å². The van der Waals surface area contributed by atoms with Gasteiger partial charge in [0.05, 0.1) is 11.8 Å². The minimum atomic E-state index is 0.604. The molecule has 1 saturated heterocycles. The molecule has 0 N–H and O–H groups in total.